The lowest BCUT2D eigenvalue weighted by atomic mass is 10.1. The maximum Gasteiger partial charge on any atom is 0.122 e. The number of hydrogen-bond acceptors (Lipinski definition) is 5. The maximum atomic E-state index is 10.7. The molecule has 0 saturated carbocycles. The Labute approximate surface area is 147 Å². The van der Waals surface area contributed by atoms with E-state index in [0.29, 0.717) is 12.9 Å². The summed E-state index contributed by atoms with van der Waals surface area (Å²) >= 11 is 0. The number of carbonyl (C=O) groups excluding carboxylic acids is 1. The molecular weight excluding hydrogens is 320 g/mol. The van der Waals surface area contributed by atoms with E-state index in [1.54, 1.807) is 0 Å². The fourth-order valence-electron chi connectivity index (χ4n) is 2.44. The van der Waals surface area contributed by atoms with Gasteiger partial charge < -0.3 is 24.5 Å². The minimum Gasteiger partial charge on any atom is -0.390 e. The normalized spacial score (nSPS) is 14.6. The van der Waals surface area contributed by atoms with E-state index in [-0.39, 0.29) is 19.6 Å². The Morgan fingerprint density at radius 2 is 1.40 bits per heavy atom. The van der Waals surface area contributed by atoms with Gasteiger partial charge in [-0.1, -0.05) is 60.7 Å². The van der Waals surface area contributed by atoms with Crippen LogP contribution >= 0.6 is 0 Å². The van der Waals surface area contributed by atoms with Crippen molar-refractivity contribution >= 4 is 6.29 Å². The van der Waals surface area contributed by atoms with Gasteiger partial charge in [0.1, 0.15) is 18.5 Å². The first-order valence-electron chi connectivity index (χ1n) is 8.27. The van der Waals surface area contributed by atoms with Gasteiger partial charge in [-0.05, 0) is 11.1 Å². The van der Waals surface area contributed by atoms with Gasteiger partial charge in [0.25, 0.3) is 0 Å². The second-order valence-electron chi connectivity index (χ2n) is 5.80. The molecule has 5 heteroatoms. The summed E-state index contributed by atoms with van der Waals surface area (Å²) in [6.45, 7) is 0.592. The first kappa shape index (κ1) is 19.3. The molecule has 134 valence electrons. The molecule has 2 aromatic carbocycles. The largest absolute Gasteiger partial charge is 0.390 e. The van der Waals surface area contributed by atoms with Gasteiger partial charge in [0.05, 0.1) is 25.9 Å². The van der Waals surface area contributed by atoms with Gasteiger partial charge in [0.2, 0.25) is 0 Å². The molecule has 5 nitrogen and oxygen atoms in total. The van der Waals surface area contributed by atoms with Crippen LogP contribution in [-0.4, -0.2) is 41.4 Å². The van der Waals surface area contributed by atoms with Crippen LogP contribution in [0.3, 0.4) is 0 Å². The molecule has 0 radical (unpaired) electrons. The van der Waals surface area contributed by atoms with Crippen molar-refractivity contribution in [2.75, 3.05) is 6.61 Å². The van der Waals surface area contributed by atoms with Crippen LogP contribution in [0.5, 0.6) is 0 Å². The van der Waals surface area contributed by atoms with Crippen LogP contribution in [0, 0.1) is 0 Å². The lowest BCUT2D eigenvalue weighted by Crippen LogP contribution is -2.42. The fraction of sp³-hybridized carbons (Fsp3) is 0.350. The zero-order valence-electron chi connectivity index (χ0n) is 14.0. The number of carbonyl (C=O) groups is 1. The van der Waals surface area contributed by atoms with E-state index in [2.05, 4.69) is 0 Å². The third-order valence-electron chi connectivity index (χ3n) is 3.78. The van der Waals surface area contributed by atoms with Gasteiger partial charge in [-0.2, -0.15) is 0 Å². The van der Waals surface area contributed by atoms with E-state index in [4.69, 9.17) is 9.47 Å². The van der Waals surface area contributed by atoms with Gasteiger partial charge in [-0.15, -0.1) is 0 Å². The summed E-state index contributed by atoms with van der Waals surface area (Å²) in [6, 6.07) is 19.0. The lowest BCUT2D eigenvalue weighted by molar-refractivity contribution is -0.134. The number of benzene rings is 2. The summed E-state index contributed by atoms with van der Waals surface area (Å²) in [7, 11) is 0. The molecule has 0 saturated heterocycles. The molecule has 3 atom stereocenters. The van der Waals surface area contributed by atoms with Gasteiger partial charge in [0.15, 0.2) is 0 Å². The van der Waals surface area contributed by atoms with Gasteiger partial charge >= 0.3 is 0 Å². The molecule has 0 amide bonds. The Bertz CT molecular complexity index is 602. The first-order valence-corrected chi connectivity index (χ1v) is 8.27. The van der Waals surface area contributed by atoms with Crippen LogP contribution in [0.4, 0.5) is 0 Å². The summed E-state index contributed by atoms with van der Waals surface area (Å²) < 4.78 is 11.2. The van der Waals surface area contributed by atoms with Crippen LogP contribution in [0.1, 0.15) is 17.5 Å². The van der Waals surface area contributed by atoms with Crippen molar-refractivity contribution in [3.8, 4) is 0 Å². The Morgan fingerprint density at radius 1 is 0.840 bits per heavy atom. The molecule has 0 bridgehead atoms. The fourth-order valence-corrected chi connectivity index (χ4v) is 2.44. The average Bonchev–Trinajstić information content (AvgIpc) is 2.64. The SMILES string of the molecule is O=CC[C@@H](O)[C@H](OCc1ccccc1)[C@H](O)COCc1ccccc1. The first-order chi connectivity index (χ1) is 12.2. The predicted octanol–water partition coefficient (Wildman–Crippen LogP) is 2.10. The Balaban J connectivity index is 1.87. The number of aliphatic hydroxyl groups excluding tert-OH is 2. The van der Waals surface area contributed by atoms with Crippen LogP contribution in [0.25, 0.3) is 0 Å². The number of ether oxygens (including phenoxy) is 2. The van der Waals surface area contributed by atoms with E-state index in [9.17, 15) is 15.0 Å². The van der Waals surface area contributed by atoms with Crippen molar-refractivity contribution in [2.24, 2.45) is 0 Å². The topological polar surface area (TPSA) is 76.0 Å². The number of aldehydes is 1. The smallest absolute Gasteiger partial charge is 0.122 e. The molecule has 0 unspecified atom stereocenters. The zero-order chi connectivity index (χ0) is 17.9. The summed E-state index contributed by atoms with van der Waals surface area (Å²) in [5, 5.41) is 20.4. The molecule has 2 aromatic rings. The second kappa shape index (κ2) is 10.7. The summed E-state index contributed by atoms with van der Waals surface area (Å²) in [6.07, 6.45) is -2.52. The number of aliphatic hydroxyl groups is 2. The van der Waals surface area contributed by atoms with Crippen molar-refractivity contribution in [2.45, 2.75) is 37.9 Å². The van der Waals surface area contributed by atoms with Crippen LogP contribution < -0.4 is 0 Å². The molecule has 25 heavy (non-hydrogen) atoms. The van der Waals surface area contributed by atoms with Crippen LogP contribution in [-0.2, 0) is 27.5 Å². The number of hydrogen-bond donors (Lipinski definition) is 2. The third kappa shape index (κ3) is 6.76. The third-order valence-corrected chi connectivity index (χ3v) is 3.78. The van der Waals surface area contributed by atoms with Crippen molar-refractivity contribution < 1.29 is 24.5 Å². The molecule has 0 aliphatic rings. The highest BCUT2D eigenvalue weighted by Gasteiger charge is 2.28. The summed E-state index contributed by atoms with van der Waals surface area (Å²) in [5.74, 6) is 0. The van der Waals surface area contributed by atoms with E-state index in [1.165, 1.54) is 0 Å². The molecule has 0 aromatic heterocycles. The highest BCUT2D eigenvalue weighted by Crippen LogP contribution is 2.13. The molecule has 0 spiro atoms. The van der Waals surface area contributed by atoms with Crippen molar-refractivity contribution in [1.29, 1.82) is 0 Å². The minimum atomic E-state index is -1.09. The van der Waals surface area contributed by atoms with E-state index >= 15 is 0 Å². The lowest BCUT2D eigenvalue weighted by Gasteiger charge is -2.27. The second-order valence-corrected chi connectivity index (χ2v) is 5.80. The Morgan fingerprint density at radius 3 is 1.96 bits per heavy atom. The highest BCUT2D eigenvalue weighted by molar-refractivity contribution is 5.50. The van der Waals surface area contributed by atoms with Gasteiger partial charge in [-0.25, -0.2) is 0 Å². The quantitative estimate of drug-likeness (QED) is 0.611. The predicted molar refractivity (Wildman–Crippen MR) is 93.8 cm³/mol. The van der Waals surface area contributed by atoms with Gasteiger partial charge in [0, 0.05) is 6.42 Å². The molecule has 0 aliphatic carbocycles. The summed E-state index contributed by atoms with van der Waals surface area (Å²) in [4.78, 5) is 10.7. The molecule has 0 aliphatic heterocycles. The van der Waals surface area contributed by atoms with Crippen LogP contribution in [0.15, 0.2) is 60.7 Å². The van der Waals surface area contributed by atoms with Crippen molar-refractivity contribution in [3.63, 3.8) is 0 Å². The minimum absolute atomic E-state index is 0.00423. The Hall–Kier alpha value is -2.05. The average molecular weight is 344 g/mol. The molecule has 2 N–H and O–H groups in total. The molecule has 0 fully saturated rings. The molecular formula is C20H24O5. The molecule has 0 heterocycles. The van der Waals surface area contributed by atoms with E-state index in [0.717, 1.165) is 11.1 Å². The maximum absolute atomic E-state index is 10.7. The standard InChI is InChI=1S/C20H24O5/c21-12-11-18(22)20(25-14-17-9-5-2-6-10-17)19(23)15-24-13-16-7-3-1-4-8-16/h1-10,12,18-20,22-23H,11,13-15H2/t18-,19-,20+/m1/s1. The Kier molecular flexibility index (Phi) is 8.28. The van der Waals surface area contributed by atoms with E-state index < -0.39 is 18.3 Å². The zero-order valence-corrected chi connectivity index (χ0v) is 14.0. The van der Waals surface area contributed by atoms with E-state index in [1.807, 2.05) is 60.7 Å². The van der Waals surface area contributed by atoms with Crippen molar-refractivity contribution in [3.05, 3.63) is 71.8 Å². The van der Waals surface area contributed by atoms with Gasteiger partial charge in [-0.3, -0.25) is 0 Å². The number of rotatable bonds is 11. The highest BCUT2D eigenvalue weighted by atomic mass is 16.5. The molecule has 2 rings (SSSR count). The van der Waals surface area contributed by atoms with Crippen molar-refractivity contribution in [1.82, 2.24) is 0 Å². The monoisotopic (exact) mass is 344 g/mol. The summed E-state index contributed by atoms with van der Waals surface area (Å²) in [5.41, 5.74) is 1.91. The van der Waals surface area contributed by atoms with Crippen LogP contribution in [0.2, 0.25) is 0 Å².